The molecule has 0 aliphatic rings. The van der Waals surface area contributed by atoms with Gasteiger partial charge in [-0.25, -0.2) is 4.79 Å². The van der Waals surface area contributed by atoms with Gasteiger partial charge in [0.05, 0.1) is 13.0 Å². The Kier molecular flexibility index (Phi) is 5.95. The van der Waals surface area contributed by atoms with Crippen LogP contribution in [0.3, 0.4) is 0 Å². The molecule has 0 spiro atoms. The number of methoxy groups -OCH3 is 1. The standard InChI is InChI=1S/C20H20O5/c1-5-19(21)24-16-10-11-17(18(12-16)23-4)14-6-8-15(9-7-14)25-20(22)13(2)3/h5-13H,1H2,2-4H3. The lowest BCUT2D eigenvalue weighted by molar-refractivity contribution is -0.137. The van der Waals surface area contributed by atoms with Crippen molar-refractivity contribution in [3.05, 3.63) is 55.1 Å². The Labute approximate surface area is 146 Å². The Balaban J connectivity index is 2.24. The van der Waals surface area contributed by atoms with Gasteiger partial charge in [-0.15, -0.1) is 0 Å². The van der Waals surface area contributed by atoms with Crippen LogP contribution in [0.25, 0.3) is 11.1 Å². The zero-order valence-electron chi connectivity index (χ0n) is 14.4. The van der Waals surface area contributed by atoms with Crippen LogP contribution in [-0.2, 0) is 9.59 Å². The summed E-state index contributed by atoms with van der Waals surface area (Å²) in [6.45, 7) is 6.92. The molecule has 25 heavy (non-hydrogen) atoms. The molecule has 2 rings (SSSR count). The van der Waals surface area contributed by atoms with Gasteiger partial charge in [-0.1, -0.05) is 32.6 Å². The number of ether oxygens (including phenoxy) is 3. The number of benzene rings is 2. The summed E-state index contributed by atoms with van der Waals surface area (Å²) in [5.74, 6) is 0.405. The second-order valence-corrected chi connectivity index (χ2v) is 5.59. The molecule has 0 unspecified atom stereocenters. The number of hydrogen-bond acceptors (Lipinski definition) is 5. The van der Waals surface area contributed by atoms with Gasteiger partial charge >= 0.3 is 11.9 Å². The van der Waals surface area contributed by atoms with E-state index in [0.717, 1.165) is 17.2 Å². The number of hydrogen-bond donors (Lipinski definition) is 0. The molecule has 0 saturated carbocycles. The van der Waals surface area contributed by atoms with Crippen LogP contribution in [0.1, 0.15) is 13.8 Å². The Morgan fingerprint density at radius 3 is 2.20 bits per heavy atom. The van der Waals surface area contributed by atoms with E-state index in [2.05, 4.69) is 6.58 Å². The summed E-state index contributed by atoms with van der Waals surface area (Å²) in [7, 11) is 1.54. The van der Waals surface area contributed by atoms with Gasteiger partial charge in [0.15, 0.2) is 0 Å². The summed E-state index contributed by atoms with van der Waals surface area (Å²) in [6, 6.07) is 12.2. The van der Waals surface area contributed by atoms with Crippen molar-refractivity contribution < 1.29 is 23.8 Å². The van der Waals surface area contributed by atoms with Crippen molar-refractivity contribution in [3.8, 4) is 28.4 Å². The van der Waals surface area contributed by atoms with E-state index in [1.54, 1.807) is 44.2 Å². The van der Waals surface area contributed by atoms with Crippen LogP contribution in [0.4, 0.5) is 0 Å². The summed E-state index contributed by atoms with van der Waals surface area (Å²) in [4.78, 5) is 22.9. The Morgan fingerprint density at radius 2 is 1.64 bits per heavy atom. The van der Waals surface area contributed by atoms with Crippen molar-refractivity contribution in [2.75, 3.05) is 7.11 Å². The summed E-state index contributed by atoms with van der Waals surface area (Å²) in [6.07, 6.45) is 1.09. The highest BCUT2D eigenvalue weighted by Gasteiger charge is 2.12. The zero-order valence-corrected chi connectivity index (χ0v) is 14.4. The lowest BCUT2D eigenvalue weighted by Gasteiger charge is -2.12. The highest BCUT2D eigenvalue weighted by Crippen LogP contribution is 2.34. The van der Waals surface area contributed by atoms with Crippen LogP contribution in [-0.4, -0.2) is 19.0 Å². The van der Waals surface area contributed by atoms with E-state index in [4.69, 9.17) is 14.2 Å². The summed E-state index contributed by atoms with van der Waals surface area (Å²) < 4.78 is 15.7. The zero-order chi connectivity index (χ0) is 18.4. The van der Waals surface area contributed by atoms with Crippen LogP contribution >= 0.6 is 0 Å². The molecule has 0 atom stereocenters. The first-order chi connectivity index (χ1) is 11.9. The smallest absolute Gasteiger partial charge is 0.335 e. The highest BCUT2D eigenvalue weighted by atomic mass is 16.5. The SMILES string of the molecule is C=CC(=O)Oc1ccc(-c2ccc(OC(=O)C(C)C)cc2)c(OC)c1. The predicted octanol–water partition coefficient (Wildman–Crippen LogP) is 4.02. The molecule has 0 aliphatic heterocycles. The Bertz CT molecular complexity index is 775. The lowest BCUT2D eigenvalue weighted by Crippen LogP contribution is -2.14. The molecule has 2 aromatic carbocycles. The molecule has 0 fully saturated rings. The fraction of sp³-hybridized carbons (Fsp3) is 0.200. The van der Waals surface area contributed by atoms with Gasteiger partial charge in [0, 0.05) is 17.7 Å². The second kappa shape index (κ2) is 8.15. The van der Waals surface area contributed by atoms with Crippen molar-refractivity contribution in [2.24, 2.45) is 5.92 Å². The van der Waals surface area contributed by atoms with E-state index in [-0.39, 0.29) is 11.9 Å². The molecular weight excluding hydrogens is 320 g/mol. The number of esters is 2. The molecule has 0 amide bonds. The van der Waals surface area contributed by atoms with Crippen LogP contribution in [0.2, 0.25) is 0 Å². The van der Waals surface area contributed by atoms with Gasteiger partial charge in [0.25, 0.3) is 0 Å². The van der Waals surface area contributed by atoms with Gasteiger partial charge in [-0.3, -0.25) is 4.79 Å². The third-order valence-electron chi connectivity index (χ3n) is 3.41. The largest absolute Gasteiger partial charge is 0.496 e. The number of rotatable bonds is 6. The van der Waals surface area contributed by atoms with Gasteiger partial charge < -0.3 is 14.2 Å². The molecule has 0 heterocycles. The van der Waals surface area contributed by atoms with E-state index < -0.39 is 5.97 Å². The van der Waals surface area contributed by atoms with E-state index in [1.807, 2.05) is 12.1 Å². The first-order valence-corrected chi connectivity index (χ1v) is 7.79. The summed E-state index contributed by atoms with van der Waals surface area (Å²) in [5.41, 5.74) is 1.70. The van der Waals surface area contributed by atoms with Crippen LogP contribution in [0.5, 0.6) is 17.2 Å². The molecule has 0 saturated heterocycles. The molecule has 0 aliphatic carbocycles. The molecule has 130 valence electrons. The van der Waals surface area contributed by atoms with Crippen molar-refractivity contribution in [2.45, 2.75) is 13.8 Å². The van der Waals surface area contributed by atoms with Gasteiger partial charge in [0.2, 0.25) is 0 Å². The molecule has 0 aromatic heterocycles. The Morgan fingerprint density at radius 1 is 1.00 bits per heavy atom. The highest BCUT2D eigenvalue weighted by molar-refractivity contribution is 5.84. The third-order valence-corrected chi connectivity index (χ3v) is 3.41. The summed E-state index contributed by atoms with van der Waals surface area (Å²) in [5, 5.41) is 0. The minimum Gasteiger partial charge on any atom is -0.496 e. The molecule has 0 N–H and O–H groups in total. The molecule has 5 heteroatoms. The van der Waals surface area contributed by atoms with Gasteiger partial charge in [-0.2, -0.15) is 0 Å². The first kappa shape index (κ1) is 18.3. The normalized spacial score (nSPS) is 10.2. The van der Waals surface area contributed by atoms with Gasteiger partial charge in [0.1, 0.15) is 17.2 Å². The van der Waals surface area contributed by atoms with E-state index in [1.165, 1.54) is 7.11 Å². The maximum atomic E-state index is 11.6. The Hall–Kier alpha value is -3.08. The van der Waals surface area contributed by atoms with Crippen LogP contribution in [0, 0.1) is 5.92 Å². The molecular formula is C20H20O5. The molecule has 0 radical (unpaired) electrons. The van der Waals surface area contributed by atoms with E-state index in [0.29, 0.717) is 17.2 Å². The van der Waals surface area contributed by atoms with E-state index >= 15 is 0 Å². The average molecular weight is 340 g/mol. The maximum absolute atomic E-state index is 11.6. The van der Waals surface area contributed by atoms with Crippen molar-refractivity contribution in [1.29, 1.82) is 0 Å². The fourth-order valence-corrected chi connectivity index (χ4v) is 2.07. The number of carbonyl (C=O) groups is 2. The first-order valence-electron chi connectivity index (χ1n) is 7.79. The van der Waals surface area contributed by atoms with Crippen molar-refractivity contribution in [3.63, 3.8) is 0 Å². The quantitative estimate of drug-likeness (QED) is 0.452. The van der Waals surface area contributed by atoms with E-state index in [9.17, 15) is 9.59 Å². The molecule has 2 aromatic rings. The average Bonchev–Trinajstić information content (AvgIpc) is 2.62. The predicted molar refractivity (Wildman–Crippen MR) is 94.7 cm³/mol. The fourth-order valence-electron chi connectivity index (χ4n) is 2.07. The summed E-state index contributed by atoms with van der Waals surface area (Å²) >= 11 is 0. The topological polar surface area (TPSA) is 61.8 Å². The molecule has 0 bridgehead atoms. The van der Waals surface area contributed by atoms with Crippen LogP contribution in [0.15, 0.2) is 55.1 Å². The minimum atomic E-state index is -0.536. The molecule has 5 nitrogen and oxygen atoms in total. The lowest BCUT2D eigenvalue weighted by atomic mass is 10.0. The minimum absolute atomic E-state index is 0.189. The van der Waals surface area contributed by atoms with Crippen molar-refractivity contribution in [1.82, 2.24) is 0 Å². The monoisotopic (exact) mass is 340 g/mol. The van der Waals surface area contributed by atoms with Gasteiger partial charge in [-0.05, 0) is 29.8 Å². The van der Waals surface area contributed by atoms with Crippen molar-refractivity contribution >= 4 is 11.9 Å². The third kappa shape index (κ3) is 4.70. The number of carbonyl (C=O) groups excluding carboxylic acids is 2. The van der Waals surface area contributed by atoms with Crippen LogP contribution < -0.4 is 14.2 Å². The second-order valence-electron chi connectivity index (χ2n) is 5.59. The maximum Gasteiger partial charge on any atom is 0.335 e.